The van der Waals surface area contributed by atoms with Crippen LogP contribution in [0.15, 0.2) is 57.2 Å². The number of nitrogens with zero attached hydrogens (tertiary/aromatic N) is 3. The molecule has 1 N–H and O–H groups in total. The smallest absolute Gasteiger partial charge is 0.349 e. The highest BCUT2D eigenvalue weighted by molar-refractivity contribution is 5.82. The number of benzene rings is 2. The summed E-state index contributed by atoms with van der Waals surface area (Å²) in [5.74, 6) is 0.132. The lowest BCUT2D eigenvalue weighted by Gasteiger charge is -2.10. The molecule has 9 nitrogen and oxygen atoms in total. The predicted octanol–water partition coefficient (Wildman–Crippen LogP) is 2.27. The fourth-order valence-electron chi connectivity index (χ4n) is 2.49. The van der Waals surface area contributed by atoms with Crippen molar-refractivity contribution in [1.82, 2.24) is 9.66 Å². The average Bonchev–Trinajstić information content (AvgIpc) is 2.62. The average molecular weight is 368 g/mol. The van der Waals surface area contributed by atoms with Crippen molar-refractivity contribution in [2.45, 2.75) is 20.0 Å². The van der Waals surface area contributed by atoms with Gasteiger partial charge in [0.15, 0.2) is 5.75 Å². The number of nitro benzene ring substituents is 1. The quantitative estimate of drug-likeness (QED) is 0.421. The van der Waals surface area contributed by atoms with Crippen molar-refractivity contribution >= 4 is 22.8 Å². The summed E-state index contributed by atoms with van der Waals surface area (Å²) >= 11 is 0. The monoisotopic (exact) mass is 368 g/mol. The molecule has 0 saturated heterocycles. The van der Waals surface area contributed by atoms with E-state index in [9.17, 15) is 19.7 Å². The van der Waals surface area contributed by atoms with E-state index < -0.39 is 16.2 Å². The highest BCUT2D eigenvalue weighted by Gasteiger charge is 2.16. The number of ether oxygens (including phenoxy) is 1. The zero-order valence-electron chi connectivity index (χ0n) is 14.6. The van der Waals surface area contributed by atoms with Crippen LogP contribution >= 0.6 is 0 Å². The fourth-order valence-corrected chi connectivity index (χ4v) is 2.49. The molecule has 0 fully saturated rings. The molecule has 0 radical (unpaired) electrons. The molecule has 0 unspecified atom stereocenters. The van der Waals surface area contributed by atoms with Gasteiger partial charge in [-0.15, -0.1) is 4.68 Å². The minimum Gasteiger partial charge on any atom is -0.484 e. The van der Waals surface area contributed by atoms with Crippen LogP contribution in [0.1, 0.15) is 19.4 Å². The summed E-state index contributed by atoms with van der Waals surface area (Å²) < 4.78 is 6.09. The number of rotatable bonds is 5. The van der Waals surface area contributed by atoms with E-state index in [4.69, 9.17) is 4.74 Å². The van der Waals surface area contributed by atoms with Crippen LogP contribution in [-0.4, -0.2) is 26.9 Å². The minimum absolute atomic E-state index is 0.132. The van der Waals surface area contributed by atoms with Crippen molar-refractivity contribution in [2.24, 2.45) is 5.10 Å². The lowest BCUT2D eigenvalue weighted by atomic mass is 10.2. The van der Waals surface area contributed by atoms with Gasteiger partial charge < -0.3 is 9.72 Å². The number of hydrogen-bond donors (Lipinski definition) is 1. The molecule has 0 spiro atoms. The van der Waals surface area contributed by atoms with Gasteiger partial charge in [0.05, 0.1) is 28.1 Å². The number of nitro groups is 1. The van der Waals surface area contributed by atoms with Gasteiger partial charge in [-0.25, -0.2) is 4.79 Å². The van der Waals surface area contributed by atoms with E-state index in [1.165, 1.54) is 18.3 Å². The first-order chi connectivity index (χ1) is 12.9. The number of aromatic nitrogens is 2. The van der Waals surface area contributed by atoms with E-state index in [-0.39, 0.29) is 17.5 Å². The first kappa shape index (κ1) is 18.1. The molecule has 0 aliphatic rings. The van der Waals surface area contributed by atoms with E-state index in [0.29, 0.717) is 21.1 Å². The largest absolute Gasteiger partial charge is 0.484 e. The molecule has 0 amide bonds. The van der Waals surface area contributed by atoms with Crippen molar-refractivity contribution < 1.29 is 9.66 Å². The Labute approximate surface area is 152 Å². The molecule has 0 saturated carbocycles. The molecule has 0 aliphatic heterocycles. The summed E-state index contributed by atoms with van der Waals surface area (Å²) in [6, 6.07) is 10.8. The summed E-state index contributed by atoms with van der Waals surface area (Å²) in [5.41, 5.74) is -0.765. The summed E-state index contributed by atoms with van der Waals surface area (Å²) in [5, 5.41) is 15.5. The third-order valence-electron chi connectivity index (χ3n) is 3.65. The van der Waals surface area contributed by atoms with Gasteiger partial charge in [0, 0.05) is 11.6 Å². The lowest BCUT2D eigenvalue weighted by Crippen LogP contribution is -2.32. The van der Waals surface area contributed by atoms with Gasteiger partial charge in [0.25, 0.3) is 5.56 Å². The number of aromatic amines is 1. The molecule has 9 heteroatoms. The standard InChI is InChI=1S/C18H16N4O5/c1-11(2)27-16-8-7-12(9-15(16)22(25)26)10-19-21-17(23)13-5-3-4-6-14(13)20-18(21)24/h3-11H,1-2H3,(H,20,24). The number of hydrogen-bond acceptors (Lipinski definition) is 6. The topological polar surface area (TPSA) is 120 Å². The van der Waals surface area contributed by atoms with Crippen LogP contribution in [0, 0.1) is 10.1 Å². The molecule has 138 valence electrons. The van der Waals surface area contributed by atoms with E-state index in [1.807, 2.05) is 0 Å². The highest BCUT2D eigenvalue weighted by Crippen LogP contribution is 2.28. The summed E-state index contributed by atoms with van der Waals surface area (Å²) in [6.45, 7) is 3.52. The second-order valence-corrected chi connectivity index (χ2v) is 5.99. The van der Waals surface area contributed by atoms with E-state index in [0.717, 1.165) is 0 Å². The number of H-pyrrole nitrogens is 1. The maximum atomic E-state index is 12.4. The van der Waals surface area contributed by atoms with Crippen LogP contribution < -0.4 is 16.0 Å². The van der Waals surface area contributed by atoms with Crippen LogP contribution in [0.4, 0.5) is 5.69 Å². The van der Waals surface area contributed by atoms with Crippen LogP contribution in [0.5, 0.6) is 5.75 Å². The van der Waals surface area contributed by atoms with Crippen molar-refractivity contribution in [1.29, 1.82) is 0 Å². The Morgan fingerprint density at radius 1 is 1.22 bits per heavy atom. The second-order valence-electron chi connectivity index (χ2n) is 5.99. The Balaban J connectivity index is 2.03. The van der Waals surface area contributed by atoms with E-state index in [2.05, 4.69) is 10.1 Å². The Morgan fingerprint density at radius 2 is 1.96 bits per heavy atom. The number of fused-ring (bicyclic) bond motifs is 1. The molecule has 0 atom stereocenters. The Morgan fingerprint density at radius 3 is 2.67 bits per heavy atom. The lowest BCUT2D eigenvalue weighted by molar-refractivity contribution is -0.386. The van der Waals surface area contributed by atoms with Gasteiger partial charge in [0.1, 0.15) is 0 Å². The van der Waals surface area contributed by atoms with Crippen molar-refractivity contribution in [3.8, 4) is 5.75 Å². The Kier molecular flexibility index (Phi) is 4.84. The second kappa shape index (κ2) is 7.24. The van der Waals surface area contributed by atoms with Crippen molar-refractivity contribution in [2.75, 3.05) is 0 Å². The molecule has 27 heavy (non-hydrogen) atoms. The van der Waals surface area contributed by atoms with Crippen molar-refractivity contribution in [3.05, 3.63) is 79.0 Å². The highest BCUT2D eigenvalue weighted by atomic mass is 16.6. The molecule has 1 heterocycles. The van der Waals surface area contributed by atoms with Gasteiger partial charge in [-0.1, -0.05) is 12.1 Å². The number of para-hydroxylation sites is 1. The minimum atomic E-state index is -0.704. The Bertz CT molecular complexity index is 1160. The normalized spacial score (nSPS) is 11.4. The molecule has 3 rings (SSSR count). The summed E-state index contributed by atoms with van der Waals surface area (Å²) in [6.07, 6.45) is 0.982. The maximum Gasteiger partial charge on any atom is 0.349 e. The van der Waals surface area contributed by atoms with E-state index in [1.54, 1.807) is 44.2 Å². The summed E-state index contributed by atoms with van der Waals surface area (Å²) in [7, 11) is 0. The first-order valence-electron chi connectivity index (χ1n) is 8.10. The SMILES string of the molecule is CC(C)Oc1ccc(C=Nn2c(=O)[nH]c3ccccc3c2=O)cc1[N+](=O)[O-]. The fraction of sp³-hybridized carbons (Fsp3) is 0.167. The van der Waals surface area contributed by atoms with E-state index >= 15 is 0 Å². The summed E-state index contributed by atoms with van der Waals surface area (Å²) in [4.78, 5) is 37.8. The third-order valence-corrected chi connectivity index (χ3v) is 3.65. The molecular weight excluding hydrogens is 352 g/mol. The van der Waals surface area contributed by atoms with Gasteiger partial charge in [0.2, 0.25) is 0 Å². The maximum absolute atomic E-state index is 12.4. The predicted molar refractivity (Wildman–Crippen MR) is 101 cm³/mol. The van der Waals surface area contributed by atoms with Crippen LogP contribution in [0.25, 0.3) is 10.9 Å². The third kappa shape index (κ3) is 3.76. The number of nitrogens with one attached hydrogen (secondary N) is 1. The zero-order chi connectivity index (χ0) is 19.6. The molecule has 3 aromatic rings. The molecule has 1 aromatic heterocycles. The van der Waals surface area contributed by atoms with Gasteiger partial charge in [-0.3, -0.25) is 14.9 Å². The van der Waals surface area contributed by atoms with Crippen LogP contribution in [-0.2, 0) is 0 Å². The van der Waals surface area contributed by atoms with Crippen molar-refractivity contribution in [3.63, 3.8) is 0 Å². The van der Waals surface area contributed by atoms with Gasteiger partial charge in [-0.2, -0.15) is 5.10 Å². The van der Waals surface area contributed by atoms with Gasteiger partial charge in [-0.05, 0) is 38.1 Å². The molecule has 2 aromatic carbocycles. The zero-order valence-corrected chi connectivity index (χ0v) is 14.6. The van der Waals surface area contributed by atoms with Gasteiger partial charge >= 0.3 is 11.4 Å². The van der Waals surface area contributed by atoms with Crippen LogP contribution in [0.2, 0.25) is 0 Å². The molecule has 0 aliphatic carbocycles. The Hall–Kier alpha value is -3.75. The molecular formula is C18H16N4O5. The van der Waals surface area contributed by atoms with Crippen LogP contribution in [0.3, 0.4) is 0 Å². The molecule has 0 bridgehead atoms. The first-order valence-corrected chi connectivity index (χ1v) is 8.10.